The highest BCUT2D eigenvalue weighted by molar-refractivity contribution is 5.92. The Balaban J connectivity index is 1.80. The number of rotatable bonds is 8. The van der Waals surface area contributed by atoms with Crippen LogP contribution in [0.25, 0.3) is 0 Å². The second kappa shape index (κ2) is 10.1. The molecule has 0 spiro atoms. The van der Waals surface area contributed by atoms with Crippen molar-refractivity contribution < 1.29 is 9.59 Å². The molecule has 0 aliphatic heterocycles. The minimum absolute atomic E-state index is 0.00598. The summed E-state index contributed by atoms with van der Waals surface area (Å²) < 4.78 is 0. The summed E-state index contributed by atoms with van der Waals surface area (Å²) >= 11 is 0. The lowest BCUT2D eigenvalue weighted by Crippen LogP contribution is -2.34. The molecule has 0 radical (unpaired) electrons. The number of anilines is 1. The maximum atomic E-state index is 12.1. The Morgan fingerprint density at radius 2 is 1.88 bits per heavy atom. The highest BCUT2D eigenvalue weighted by Crippen LogP contribution is 2.21. The molecule has 0 saturated heterocycles. The summed E-state index contributed by atoms with van der Waals surface area (Å²) in [5.74, 6) is 0.425. The van der Waals surface area contributed by atoms with Crippen LogP contribution in [0.15, 0.2) is 35.9 Å². The first-order valence-corrected chi connectivity index (χ1v) is 9.80. The third-order valence-electron chi connectivity index (χ3n) is 4.97. The van der Waals surface area contributed by atoms with Crippen LogP contribution in [0, 0.1) is 0 Å². The Hall–Kier alpha value is -2.10. The molecule has 0 fully saturated rings. The van der Waals surface area contributed by atoms with Crippen molar-refractivity contribution >= 4 is 17.5 Å². The third-order valence-corrected chi connectivity index (χ3v) is 4.97. The lowest BCUT2D eigenvalue weighted by Gasteiger charge is -2.21. The lowest BCUT2D eigenvalue weighted by molar-refractivity contribution is -0.121. The van der Waals surface area contributed by atoms with E-state index >= 15 is 0 Å². The minimum Gasteiger partial charge on any atom is -0.356 e. The van der Waals surface area contributed by atoms with Crippen LogP contribution in [0.4, 0.5) is 5.69 Å². The SMILES string of the molecule is CC(=O)N(CCC(=O)NCCC1=CCCCC1)c1ccc(C(C)C)cc1. The zero-order valence-corrected chi connectivity index (χ0v) is 16.4. The second-order valence-corrected chi connectivity index (χ2v) is 7.37. The van der Waals surface area contributed by atoms with E-state index in [0.29, 0.717) is 25.4 Å². The fraction of sp³-hybridized carbons (Fsp3) is 0.545. The molecule has 0 aromatic heterocycles. The van der Waals surface area contributed by atoms with Crippen LogP contribution >= 0.6 is 0 Å². The topological polar surface area (TPSA) is 49.4 Å². The number of benzene rings is 1. The van der Waals surface area contributed by atoms with Gasteiger partial charge in [0.25, 0.3) is 0 Å². The van der Waals surface area contributed by atoms with Gasteiger partial charge in [0, 0.05) is 32.1 Å². The molecule has 4 nitrogen and oxygen atoms in total. The maximum absolute atomic E-state index is 12.1. The van der Waals surface area contributed by atoms with Crippen LogP contribution < -0.4 is 10.2 Å². The smallest absolute Gasteiger partial charge is 0.223 e. The van der Waals surface area contributed by atoms with Crippen molar-refractivity contribution in [3.63, 3.8) is 0 Å². The van der Waals surface area contributed by atoms with E-state index in [1.807, 2.05) is 24.3 Å². The highest BCUT2D eigenvalue weighted by atomic mass is 16.2. The summed E-state index contributed by atoms with van der Waals surface area (Å²) in [4.78, 5) is 25.8. The molecule has 1 N–H and O–H groups in total. The largest absolute Gasteiger partial charge is 0.356 e. The van der Waals surface area contributed by atoms with Crippen LogP contribution in [0.2, 0.25) is 0 Å². The predicted octanol–water partition coefficient (Wildman–Crippen LogP) is 4.56. The van der Waals surface area contributed by atoms with Crippen LogP contribution in [0.1, 0.15) is 70.8 Å². The molecule has 0 unspecified atom stereocenters. The molecule has 26 heavy (non-hydrogen) atoms. The fourth-order valence-electron chi connectivity index (χ4n) is 3.30. The number of nitrogens with one attached hydrogen (secondary N) is 1. The van der Waals surface area contributed by atoms with Crippen molar-refractivity contribution in [3.05, 3.63) is 41.5 Å². The van der Waals surface area contributed by atoms with E-state index < -0.39 is 0 Å². The second-order valence-electron chi connectivity index (χ2n) is 7.37. The monoisotopic (exact) mass is 356 g/mol. The molecule has 0 atom stereocenters. The number of amides is 2. The van der Waals surface area contributed by atoms with Gasteiger partial charge in [-0.15, -0.1) is 0 Å². The molecule has 1 aromatic carbocycles. The molecule has 2 amide bonds. The maximum Gasteiger partial charge on any atom is 0.223 e. The standard InChI is InChI=1S/C22H32N2O2/c1-17(2)20-9-11-21(12-10-20)24(18(3)25)16-14-22(26)23-15-13-19-7-5-4-6-8-19/h7,9-12,17H,4-6,8,13-16H2,1-3H3,(H,23,26). The first kappa shape index (κ1) is 20.2. The van der Waals surface area contributed by atoms with E-state index in [-0.39, 0.29) is 11.8 Å². The fourth-order valence-corrected chi connectivity index (χ4v) is 3.30. The van der Waals surface area contributed by atoms with E-state index in [4.69, 9.17) is 0 Å². The van der Waals surface area contributed by atoms with Crippen molar-refractivity contribution in [1.29, 1.82) is 0 Å². The van der Waals surface area contributed by atoms with Crippen molar-refractivity contribution in [3.8, 4) is 0 Å². The molecule has 0 bridgehead atoms. The number of carbonyl (C=O) groups is 2. The van der Waals surface area contributed by atoms with Gasteiger partial charge in [-0.2, -0.15) is 0 Å². The summed E-state index contributed by atoms with van der Waals surface area (Å²) in [6.45, 7) is 6.93. The number of allylic oxidation sites excluding steroid dienone is 1. The van der Waals surface area contributed by atoms with Gasteiger partial charge < -0.3 is 10.2 Å². The molecule has 1 aliphatic carbocycles. The number of hydrogen-bond acceptors (Lipinski definition) is 2. The van der Waals surface area contributed by atoms with Gasteiger partial charge in [-0.05, 0) is 55.7 Å². The zero-order chi connectivity index (χ0) is 18.9. The van der Waals surface area contributed by atoms with Crippen LogP contribution in [-0.2, 0) is 9.59 Å². The van der Waals surface area contributed by atoms with E-state index in [2.05, 4.69) is 25.2 Å². The summed E-state index contributed by atoms with van der Waals surface area (Å²) in [5.41, 5.74) is 3.56. The zero-order valence-electron chi connectivity index (χ0n) is 16.4. The van der Waals surface area contributed by atoms with Crippen molar-refractivity contribution in [2.75, 3.05) is 18.0 Å². The first-order valence-electron chi connectivity index (χ1n) is 9.80. The third kappa shape index (κ3) is 6.32. The van der Waals surface area contributed by atoms with Crippen LogP contribution in [0.5, 0.6) is 0 Å². The number of nitrogens with zero attached hydrogens (tertiary/aromatic N) is 1. The average Bonchev–Trinajstić information content (AvgIpc) is 2.63. The van der Waals surface area contributed by atoms with Gasteiger partial charge in [0.15, 0.2) is 0 Å². The molecule has 2 rings (SSSR count). The van der Waals surface area contributed by atoms with Gasteiger partial charge in [0.05, 0.1) is 0 Å². The first-order chi connectivity index (χ1) is 12.5. The summed E-state index contributed by atoms with van der Waals surface area (Å²) in [6, 6.07) is 8.02. The molecular formula is C22H32N2O2. The molecule has 0 heterocycles. The Labute approximate surface area is 157 Å². The summed E-state index contributed by atoms with van der Waals surface area (Å²) in [5, 5.41) is 2.98. The number of hydrogen-bond donors (Lipinski definition) is 1. The van der Waals surface area contributed by atoms with E-state index in [9.17, 15) is 9.59 Å². The predicted molar refractivity (Wildman–Crippen MR) is 107 cm³/mol. The normalized spacial score (nSPS) is 14.1. The summed E-state index contributed by atoms with van der Waals surface area (Å²) in [6.07, 6.45) is 8.47. The van der Waals surface area contributed by atoms with Crippen molar-refractivity contribution in [2.45, 2.75) is 65.2 Å². The van der Waals surface area contributed by atoms with Crippen molar-refractivity contribution in [1.82, 2.24) is 5.32 Å². The Morgan fingerprint density at radius 1 is 1.15 bits per heavy atom. The van der Waals surface area contributed by atoms with E-state index in [1.54, 1.807) is 11.8 Å². The van der Waals surface area contributed by atoms with Gasteiger partial charge in [-0.1, -0.05) is 37.6 Å². The molecule has 0 saturated carbocycles. The summed E-state index contributed by atoms with van der Waals surface area (Å²) in [7, 11) is 0. The Morgan fingerprint density at radius 3 is 2.46 bits per heavy atom. The van der Waals surface area contributed by atoms with E-state index in [1.165, 1.54) is 36.8 Å². The van der Waals surface area contributed by atoms with Gasteiger partial charge >= 0.3 is 0 Å². The van der Waals surface area contributed by atoms with Crippen molar-refractivity contribution in [2.24, 2.45) is 0 Å². The lowest BCUT2D eigenvalue weighted by atomic mass is 9.97. The van der Waals surface area contributed by atoms with Gasteiger partial charge in [-0.25, -0.2) is 0 Å². The Kier molecular flexibility index (Phi) is 7.89. The highest BCUT2D eigenvalue weighted by Gasteiger charge is 2.14. The average molecular weight is 357 g/mol. The van der Waals surface area contributed by atoms with Crippen LogP contribution in [-0.4, -0.2) is 24.9 Å². The quantitative estimate of drug-likeness (QED) is 0.694. The number of carbonyl (C=O) groups excluding carboxylic acids is 2. The van der Waals surface area contributed by atoms with Gasteiger partial charge in [-0.3, -0.25) is 9.59 Å². The van der Waals surface area contributed by atoms with Crippen LogP contribution in [0.3, 0.4) is 0 Å². The van der Waals surface area contributed by atoms with Gasteiger partial charge in [0.1, 0.15) is 0 Å². The van der Waals surface area contributed by atoms with E-state index in [0.717, 1.165) is 12.1 Å². The molecule has 1 aliphatic rings. The molecule has 4 heteroatoms. The minimum atomic E-state index is -0.0394. The molecular weight excluding hydrogens is 324 g/mol. The molecule has 1 aromatic rings. The molecule has 142 valence electrons. The van der Waals surface area contributed by atoms with Gasteiger partial charge in [0.2, 0.25) is 11.8 Å². The Bertz CT molecular complexity index is 632.